The number of unbranched alkanes of at least 4 members (excludes halogenated alkanes) is 1. The van der Waals surface area contributed by atoms with Crippen LogP contribution in [0.2, 0.25) is 0 Å². The first-order valence-electron chi connectivity index (χ1n) is 10.4. The van der Waals surface area contributed by atoms with Crippen LogP contribution in [-0.4, -0.2) is 26.3 Å². The largest absolute Gasteiger partial charge is 0.496 e. The van der Waals surface area contributed by atoms with Crippen LogP contribution in [0.25, 0.3) is 0 Å². The van der Waals surface area contributed by atoms with Gasteiger partial charge in [0.25, 0.3) is 0 Å². The van der Waals surface area contributed by atoms with Crippen LogP contribution in [0, 0.1) is 0 Å². The Balaban J connectivity index is 1.43. The molecule has 27 heavy (non-hydrogen) atoms. The smallest absolute Gasteiger partial charge is 0.122 e. The first-order chi connectivity index (χ1) is 13.4. The molecule has 3 nitrogen and oxygen atoms in total. The van der Waals surface area contributed by atoms with Gasteiger partial charge in [-0.05, 0) is 74.8 Å². The van der Waals surface area contributed by atoms with Gasteiger partial charge in [0, 0.05) is 6.04 Å². The quantitative estimate of drug-likeness (QED) is 0.588. The molecule has 1 aliphatic heterocycles. The minimum Gasteiger partial charge on any atom is -0.496 e. The predicted molar refractivity (Wildman–Crippen MR) is 112 cm³/mol. The molecule has 1 saturated heterocycles. The summed E-state index contributed by atoms with van der Waals surface area (Å²) in [6.45, 7) is 1.96. The Bertz CT molecular complexity index is 680. The minimum atomic E-state index is 0.631. The van der Waals surface area contributed by atoms with Crippen molar-refractivity contribution in [2.24, 2.45) is 0 Å². The molecule has 0 aromatic heterocycles. The third-order valence-electron chi connectivity index (χ3n) is 5.44. The van der Waals surface area contributed by atoms with Crippen LogP contribution in [0.5, 0.6) is 11.5 Å². The Kier molecular flexibility index (Phi) is 8.03. The van der Waals surface area contributed by atoms with E-state index in [4.69, 9.17) is 9.47 Å². The average Bonchev–Trinajstić information content (AvgIpc) is 2.73. The molecule has 1 aliphatic rings. The summed E-state index contributed by atoms with van der Waals surface area (Å²) in [5, 5.41) is 3.60. The lowest BCUT2D eigenvalue weighted by atomic mass is 10.0. The predicted octanol–water partition coefficient (Wildman–Crippen LogP) is 5.17. The van der Waals surface area contributed by atoms with Crippen molar-refractivity contribution in [3.05, 3.63) is 59.7 Å². The molecule has 1 N–H and O–H groups in total. The van der Waals surface area contributed by atoms with Crippen molar-refractivity contribution in [1.82, 2.24) is 5.32 Å². The topological polar surface area (TPSA) is 30.5 Å². The standard InChI is InChI=1S/C24H33NO2/c1-26-23-15-6-4-11-20(23)10-2-3-12-21-13-5-7-16-24(21)27-19-17-22-14-8-9-18-25-22/h4-7,11,13,15-16,22,25H,2-3,8-10,12,14,17-19H2,1H3. The molecule has 1 atom stereocenters. The Labute approximate surface area is 164 Å². The molecule has 2 aromatic carbocycles. The number of benzene rings is 2. The first kappa shape index (κ1) is 19.8. The summed E-state index contributed by atoms with van der Waals surface area (Å²) in [4.78, 5) is 0. The number of methoxy groups -OCH3 is 1. The summed E-state index contributed by atoms with van der Waals surface area (Å²) in [6.07, 6.45) is 9.47. The van der Waals surface area contributed by atoms with Crippen molar-refractivity contribution in [3.8, 4) is 11.5 Å². The lowest BCUT2D eigenvalue weighted by Gasteiger charge is -2.23. The summed E-state index contributed by atoms with van der Waals surface area (Å²) >= 11 is 0. The van der Waals surface area contributed by atoms with Gasteiger partial charge in [0.1, 0.15) is 11.5 Å². The lowest BCUT2D eigenvalue weighted by Crippen LogP contribution is -2.35. The molecule has 0 spiro atoms. The molecule has 0 amide bonds. The molecule has 146 valence electrons. The van der Waals surface area contributed by atoms with Gasteiger partial charge in [-0.2, -0.15) is 0 Å². The number of nitrogens with one attached hydrogen (secondary N) is 1. The second-order valence-corrected chi connectivity index (χ2v) is 7.41. The van der Waals surface area contributed by atoms with Crippen LogP contribution in [0.1, 0.15) is 49.7 Å². The number of piperidine rings is 1. The fourth-order valence-electron chi connectivity index (χ4n) is 3.87. The number of ether oxygens (including phenoxy) is 2. The van der Waals surface area contributed by atoms with Crippen LogP contribution in [-0.2, 0) is 12.8 Å². The van der Waals surface area contributed by atoms with Crippen molar-refractivity contribution in [2.45, 2.75) is 57.4 Å². The highest BCUT2D eigenvalue weighted by molar-refractivity contribution is 5.34. The molecule has 3 heteroatoms. The van der Waals surface area contributed by atoms with Gasteiger partial charge in [-0.25, -0.2) is 0 Å². The Morgan fingerprint density at radius 3 is 2.22 bits per heavy atom. The van der Waals surface area contributed by atoms with Crippen molar-refractivity contribution < 1.29 is 9.47 Å². The molecular weight excluding hydrogens is 334 g/mol. The maximum Gasteiger partial charge on any atom is 0.122 e. The molecular formula is C24H33NO2. The summed E-state index contributed by atoms with van der Waals surface area (Å²) in [7, 11) is 1.75. The van der Waals surface area contributed by atoms with Crippen LogP contribution in [0.15, 0.2) is 48.5 Å². The zero-order valence-electron chi connectivity index (χ0n) is 16.6. The highest BCUT2D eigenvalue weighted by atomic mass is 16.5. The van der Waals surface area contributed by atoms with Crippen molar-refractivity contribution >= 4 is 0 Å². The van der Waals surface area contributed by atoms with Gasteiger partial charge in [-0.3, -0.25) is 0 Å². The van der Waals surface area contributed by atoms with Gasteiger partial charge in [0.15, 0.2) is 0 Å². The first-order valence-corrected chi connectivity index (χ1v) is 10.4. The maximum absolute atomic E-state index is 6.13. The van der Waals surface area contributed by atoms with Crippen LogP contribution >= 0.6 is 0 Å². The molecule has 0 saturated carbocycles. The van der Waals surface area contributed by atoms with Gasteiger partial charge >= 0.3 is 0 Å². The van der Waals surface area contributed by atoms with Crippen molar-refractivity contribution in [1.29, 1.82) is 0 Å². The zero-order valence-corrected chi connectivity index (χ0v) is 16.6. The van der Waals surface area contributed by atoms with Gasteiger partial charge < -0.3 is 14.8 Å². The zero-order chi connectivity index (χ0) is 18.7. The number of para-hydroxylation sites is 2. The molecule has 0 radical (unpaired) electrons. The molecule has 0 aliphatic carbocycles. The molecule has 1 unspecified atom stereocenters. The fourth-order valence-corrected chi connectivity index (χ4v) is 3.87. The van der Waals surface area contributed by atoms with Crippen LogP contribution < -0.4 is 14.8 Å². The SMILES string of the molecule is COc1ccccc1CCCCc1ccccc1OCCC1CCCCN1. The summed E-state index contributed by atoms with van der Waals surface area (Å²) in [5.41, 5.74) is 2.62. The highest BCUT2D eigenvalue weighted by Gasteiger charge is 2.12. The monoisotopic (exact) mass is 367 g/mol. The number of rotatable bonds is 10. The van der Waals surface area contributed by atoms with E-state index in [9.17, 15) is 0 Å². The molecule has 1 heterocycles. The van der Waals surface area contributed by atoms with E-state index < -0.39 is 0 Å². The number of hydrogen-bond donors (Lipinski definition) is 1. The minimum absolute atomic E-state index is 0.631. The van der Waals surface area contributed by atoms with E-state index in [2.05, 4.69) is 41.7 Å². The van der Waals surface area contributed by atoms with Crippen LogP contribution in [0.4, 0.5) is 0 Å². The van der Waals surface area contributed by atoms with Gasteiger partial charge in [-0.1, -0.05) is 42.8 Å². The fraction of sp³-hybridized carbons (Fsp3) is 0.500. The summed E-state index contributed by atoms with van der Waals surface area (Å²) in [5.74, 6) is 2.06. The summed E-state index contributed by atoms with van der Waals surface area (Å²) < 4.78 is 11.6. The second kappa shape index (κ2) is 11.0. The summed E-state index contributed by atoms with van der Waals surface area (Å²) in [6, 6.07) is 17.5. The molecule has 0 bridgehead atoms. The molecule has 1 fully saturated rings. The van der Waals surface area contributed by atoms with E-state index in [1.165, 1.54) is 30.4 Å². The van der Waals surface area contributed by atoms with E-state index in [0.717, 1.165) is 56.8 Å². The van der Waals surface area contributed by atoms with E-state index in [-0.39, 0.29) is 0 Å². The third kappa shape index (κ3) is 6.28. The Hall–Kier alpha value is -2.00. The highest BCUT2D eigenvalue weighted by Crippen LogP contribution is 2.23. The van der Waals surface area contributed by atoms with Gasteiger partial charge in [-0.15, -0.1) is 0 Å². The maximum atomic E-state index is 6.13. The average molecular weight is 368 g/mol. The van der Waals surface area contributed by atoms with Crippen molar-refractivity contribution in [2.75, 3.05) is 20.3 Å². The Morgan fingerprint density at radius 1 is 0.889 bits per heavy atom. The molecule has 2 aromatic rings. The molecule has 3 rings (SSSR count). The van der Waals surface area contributed by atoms with Crippen molar-refractivity contribution in [3.63, 3.8) is 0 Å². The lowest BCUT2D eigenvalue weighted by molar-refractivity contribution is 0.266. The Morgan fingerprint density at radius 2 is 1.56 bits per heavy atom. The van der Waals surface area contributed by atoms with E-state index in [1.807, 2.05) is 12.1 Å². The van der Waals surface area contributed by atoms with Crippen LogP contribution in [0.3, 0.4) is 0 Å². The van der Waals surface area contributed by atoms with Gasteiger partial charge in [0.05, 0.1) is 13.7 Å². The van der Waals surface area contributed by atoms with E-state index >= 15 is 0 Å². The number of hydrogen-bond acceptors (Lipinski definition) is 3. The number of aryl methyl sites for hydroxylation is 2. The van der Waals surface area contributed by atoms with Gasteiger partial charge in [0.2, 0.25) is 0 Å². The normalized spacial score (nSPS) is 16.9. The van der Waals surface area contributed by atoms with E-state index in [1.54, 1.807) is 7.11 Å². The second-order valence-electron chi connectivity index (χ2n) is 7.41. The van der Waals surface area contributed by atoms with E-state index in [0.29, 0.717) is 6.04 Å². The third-order valence-corrected chi connectivity index (χ3v) is 5.44.